The molecule has 3 aromatic rings. The Hall–Kier alpha value is -3.13. The number of methoxy groups -OCH3 is 1. The fourth-order valence-electron chi connectivity index (χ4n) is 4.10. The maximum atomic E-state index is 11.9. The maximum absolute atomic E-state index is 11.9. The summed E-state index contributed by atoms with van der Waals surface area (Å²) in [5, 5.41) is 1.03. The number of hydrogen-bond acceptors (Lipinski definition) is 6. The fourth-order valence-corrected chi connectivity index (χ4v) is 4.10. The van der Waals surface area contributed by atoms with Gasteiger partial charge in [-0.25, -0.2) is 9.97 Å². The number of pyridine rings is 1. The average Bonchev–Trinajstić information content (AvgIpc) is 3.36. The number of unbranched alkanes of at least 4 members (excludes halogenated alkanes) is 1. The van der Waals surface area contributed by atoms with E-state index in [1.807, 2.05) is 24.3 Å². The molecule has 8 heteroatoms. The summed E-state index contributed by atoms with van der Waals surface area (Å²) in [6.07, 6.45) is 6.39. The van der Waals surface area contributed by atoms with Crippen molar-refractivity contribution in [2.45, 2.75) is 32.2 Å². The van der Waals surface area contributed by atoms with Gasteiger partial charge in [0, 0.05) is 25.5 Å². The van der Waals surface area contributed by atoms with Crippen LogP contribution >= 0.6 is 0 Å². The molecule has 1 unspecified atom stereocenters. The number of nitrogens with zero attached hydrogens (tertiary/aromatic N) is 3. The Morgan fingerprint density at radius 1 is 1.30 bits per heavy atom. The molecule has 0 bridgehead atoms. The van der Waals surface area contributed by atoms with Gasteiger partial charge in [0.05, 0.1) is 23.9 Å². The zero-order valence-corrected chi connectivity index (χ0v) is 17.1. The molecular formula is C22H27N5O3. The topological polar surface area (TPSA) is 118 Å². The van der Waals surface area contributed by atoms with Crippen molar-refractivity contribution in [2.75, 3.05) is 26.1 Å². The predicted octanol–water partition coefficient (Wildman–Crippen LogP) is 2.54. The number of hydrogen-bond donors (Lipinski definition) is 2. The lowest BCUT2D eigenvalue weighted by molar-refractivity contribution is -0.126. The van der Waals surface area contributed by atoms with Crippen LogP contribution in [0.15, 0.2) is 36.6 Å². The minimum atomic E-state index is -0.697. The summed E-state index contributed by atoms with van der Waals surface area (Å²) in [5.74, 6) is 1.02. The molecule has 4 N–H and O–H groups in total. The van der Waals surface area contributed by atoms with Crippen molar-refractivity contribution in [3.63, 3.8) is 0 Å². The van der Waals surface area contributed by atoms with E-state index in [1.54, 1.807) is 19.4 Å². The van der Waals surface area contributed by atoms with Crippen LogP contribution in [0.3, 0.4) is 0 Å². The van der Waals surface area contributed by atoms with Crippen LogP contribution in [0.5, 0.6) is 0 Å². The minimum absolute atomic E-state index is 0.322. The van der Waals surface area contributed by atoms with Crippen LogP contribution < -0.4 is 11.5 Å². The lowest BCUT2D eigenvalue weighted by Crippen LogP contribution is -2.37. The predicted molar refractivity (Wildman–Crippen MR) is 116 cm³/mol. The van der Waals surface area contributed by atoms with Gasteiger partial charge >= 0.3 is 0 Å². The van der Waals surface area contributed by atoms with Gasteiger partial charge in [-0.3, -0.25) is 4.79 Å². The first kappa shape index (κ1) is 20.2. The van der Waals surface area contributed by atoms with Gasteiger partial charge in [0.25, 0.3) is 0 Å². The molecule has 2 aromatic heterocycles. The molecule has 8 nitrogen and oxygen atoms in total. The molecule has 0 saturated heterocycles. The van der Waals surface area contributed by atoms with E-state index >= 15 is 0 Å². The zero-order valence-electron chi connectivity index (χ0n) is 17.1. The van der Waals surface area contributed by atoms with Crippen LogP contribution in [-0.2, 0) is 27.2 Å². The molecule has 0 fully saturated rings. The molecule has 1 aliphatic heterocycles. The number of nitrogen functional groups attached to an aromatic ring is 1. The number of carbonyl (C=O) groups is 1. The quantitative estimate of drug-likeness (QED) is 0.524. The largest absolute Gasteiger partial charge is 0.500 e. The van der Waals surface area contributed by atoms with Gasteiger partial charge in [0.1, 0.15) is 23.4 Å². The summed E-state index contributed by atoms with van der Waals surface area (Å²) in [6, 6.07) is 7.95. The Bertz CT molecular complexity index is 1110. The number of amides is 1. The van der Waals surface area contributed by atoms with Crippen molar-refractivity contribution >= 4 is 33.7 Å². The molecule has 1 atom stereocenters. The highest BCUT2D eigenvalue weighted by Gasteiger charge is 2.37. The number of rotatable bonds is 9. The second-order valence-corrected chi connectivity index (χ2v) is 7.73. The van der Waals surface area contributed by atoms with E-state index in [0.29, 0.717) is 31.9 Å². The van der Waals surface area contributed by atoms with Gasteiger partial charge in [-0.15, -0.1) is 0 Å². The molecule has 30 heavy (non-hydrogen) atoms. The summed E-state index contributed by atoms with van der Waals surface area (Å²) in [5.41, 5.74) is 13.7. The monoisotopic (exact) mass is 409 g/mol. The SMILES string of the molecule is COCCc1nc2c(N)nc3ccccc3c2n1CCCCC1(C(N)=O)C=COC1. The molecule has 0 spiro atoms. The number of para-hydroxylation sites is 1. The van der Waals surface area contributed by atoms with E-state index in [2.05, 4.69) is 9.55 Å². The third kappa shape index (κ3) is 3.59. The zero-order chi connectivity index (χ0) is 21.1. The van der Waals surface area contributed by atoms with Gasteiger partial charge < -0.3 is 25.5 Å². The molecule has 1 aromatic carbocycles. The van der Waals surface area contributed by atoms with Crippen molar-refractivity contribution in [3.8, 4) is 0 Å². The van der Waals surface area contributed by atoms with Crippen molar-refractivity contribution in [3.05, 3.63) is 42.4 Å². The van der Waals surface area contributed by atoms with Gasteiger partial charge in [-0.2, -0.15) is 0 Å². The highest BCUT2D eigenvalue weighted by molar-refractivity contribution is 6.06. The molecule has 0 saturated carbocycles. The normalized spacial score (nSPS) is 18.3. The second kappa shape index (κ2) is 8.31. The van der Waals surface area contributed by atoms with Crippen molar-refractivity contribution in [1.29, 1.82) is 0 Å². The van der Waals surface area contributed by atoms with Crippen LogP contribution in [0, 0.1) is 5.41 Å². The number of aromatic nitrogens is 3. The Morgan fingerprint density at radius 3 is 2.87 bits per heavy atom. The maximum Gasteiger partial charge on any atom is 0.231 e. The number of nitrogens with two attached hydrogens (primary N) is 2. The number of aryl methyl sites for hydroxylation is 1. The number of ether oxygens (including phenoxy) is 2. The summed E-state index contributed by atoms with van der Waals surface area (Å²) in [6.45, 7) is 1.65. The van der Waals surface area contributed by atoms with Crippen LogP contribution in [0.2, 0.25) is 0 Å². The van der Waals surface area contributed by atoms with E-state index in [1.165, 1.54) is 0 Å². The number of fused-ring (bicyclic) bond motifs is 3. The van der Waals surface area contributed by atoms with E-state index in [4.69, 9.17) is 25.9 Å². The van der Waals surface area contributed by atoms with Gasteiger partial charge in [0.15, 0.2) is 5.82 Å². The van der Waals surface area contributed by atoms with Crippen molar-refractivity contribution < 1.29 is 14.3 Å². The van der Waals surface area contributed by atoms with E-state index < -0.39 is 5.41 Å². The molecule has 3 heterocycles. The smallest absolute Gasteiger partial charge is 0.231 e. The van der Waals surface area contributed by atoms with Gasteiger partial charge in [0.2, 0.25) is 5.91 Å². The molecule has 1 aliphatic rings. The second-order valence-electron chi connectivity index (χ2n) is 7.73. The molecule has 0 radical (unpaired) electrons. The number of benzene rings is 1. The first-order valence-corrected chi connectivity index (χ1v) is 10.2. The van der Waals surface area contributed by atoms with E-state index in [-0.39, 0.29) is 5.91 Å². The molecule has 158 valence electrons. The lowest BCUT2D eigenvalue weighted by Gasteiger charge is -2.21. The third-order valence-corrected chi connectivity index (χ3v) is 5.79. The first-order chi connectivity index (χ1) is 14.6. The Morgan fingerprint density at radius 2 is 2.13 bits per heavy atom. The van der Waals surface area contributed by atoms with Crippen molar-refractivity contribution in [1.82, 2.24) is 14.5 Å². The molecular weight excluding hydrogens is 382 g/mol. The van der Waals surface area contributed by atoms with E-state index in [9.17, 15) is 4.79 Å². The van der Waals surface area contributed by atoms with Crippen LogP contribution in [0.1, 0.15) is 25.1 Å². The van der Waals surface area contributed by atoms with Crippen LogP contribution in [0.4, 0.5) is 5.82 Å². The summed E-state index contributed by atoms with van der Waals surface area (Å²) < 4.78 is 12.8. The average molecular weight is 409 g/mol. The van der Waals surface area contributed by atoms with Crippen LogP contribution in [0.25, 0.3) is 21.9 Å². The minimum Gasteiger partial charge on any atom is -0.500 e. The molecule has 1 amide bonds. The lowest BCUT2D eigenvalue weighted by atomic mass is 9.84. The van der Waals surface area contributed by atoms with Crippen molar-refractivity contribution in [2.24, 2.45) is 11.1 Å². The molecule has 4 rings (SSSR count). The number of imidazole rings is 1. The number of primary amides is 1. The highest BCUT2D eigenvalue weighted by Crippen LogP contribution is 2.32. The van der Waals surface area contributed by atoms with E-state index in [0.717, 1.165) is 47.1 Å². The Kier molecular flexibility index (Phi) is 5.59. The van der Waals surface area contributed by atoms with Gasteiger partial charge in [-0.1, -0.05) is 24.6 Å². The summed E-state index contributed by atoms with van der Waals surface area (Å²) >= 11 is 0. The standard InChI is InChI=1S/C22H27N5O3/c1-29-12-8-17-26-18-19(15-6-2-3-7-16(15)25-20(18)23)27(17)11-5-4-9-22(21(24)28)10-13-30-14-22/h2-3,6-7,10,13H,4-5,8-9,11-12,14H2,1H3,(H2,23,25)(H2,24,28). The number of anilines is 1. The van der Waals surface area contributed by atoms with Crippen LogP contribution in [-0.4, -0.2) is 40.8 Å². The first-order valence-electron chi connectivity index (χ1n) is 10.2. The van der Waals surface area contributed by atoms with Gasteiger partial charge in [-0.05, 0) is 25.0 Å². The third-order valence-electron chi connectivity index (χ3n) is 5.79. The fraction of sp³-hybridized carbons (Fsp3) is 0.409. The Balaban J connectivity index is 1.63. The Labute approximate surface area is 174 Å². The molecule has 0 aliphatic carbocycles. The summed E-state index contributed by atoms with van der Waals surface area (Å²) in [4.78, 5) is 21.2. The number of carbonyl (C=O) groups excluding carboxylic acids is 1. The summed E-state index contributed by atoms with van der Waals surface area (Å²) in [7, 11) is 1.68. The highest BCUT2D eigenvalue weighted by atomic mass is 16.5.